The molecule has 1 aliphatic rings. The number of rotatable bonds is 6. The molecule has 2 unspecified atom stereocenters. The van der Waals surface area contributed by atoms with Crippen LogP contribution in [0.15, 0.2) is 11.6 Å². The molecule has 0 bridgehead atoms. The van der Waals surface area contributed by atoms with Gasteiger partial charge in [0.2, 0.25) is 11.8 Å². The van der Waals surface area contributed by atoms with Gasteiger partial charge in [0.05, 0.1) is 17.5 Å². The lowest BCUT2D eigenvalue weighted by molar-refractivity contribution is -0.141. The van der Waals surface area contributed by atoms with E-state index < -0.39 is 0 Å². The molecule has 0 aliphatic carbocycles. The van der Waals surface area contributed by atoms with Crippen molar-refractivity contribution in [2.75, 3.05) is 6.54 Å². The Hall–Kier alpha value is -1.27. The summed E-state index contributed by atoms with van der Waals surface area (Å²) in [6.45, 7) is 4.56. The lowest BCUT2D eigenvalue weighted by Gasteiger charge is -2.21. The van der Waals surface area contributed by atoms with Crippen molar-refractivity contribution in [1.82, 2.24) is 15.2 Å². The Morgan fingerprint density at radius 3 is 3.00 bits per heavy atom. The highest BCUT2D eigenvalue weighted by atomic mass is 32.1. The molecule has 0 spiro atoms. The predicted octanol–water partition coefficient (Wildman–Crippen LogP) is 1.20. The minimum absolute atomic E-state index is 0.00855. The average molecular weight is 281 g/mol. The van der Waals surface area contributed by atoms with Gasteiger partial charge in [-0.2, -0.15) is 0 Å². The zero-order valence-corrected chi connectivity index (χ0v) is 12.1. The molecule has 19 heavy (non-hydrogen) atoms. The van der Waals surface area contributed by atoms with E-state index in [2.05, 4.69) is 10.3 Å². The van der Waals surface area contributed by atoms with Crippen LogP contribution in [0.5, 0.6) is 0 Å². The normalized spacial score (nSPS) is 21.2. The first-order chi connectivity index (χ1) is 9.13. The molecule has 5 nitrogen and oxygen atoms in total. The molecule has 0 aromatic carbocycles. The van der Waals surface area contributed by atoms with Gasteiger partial charge in [-0.05, 0) is 13.3 Å². The van der Waals surface area contributed by atoms with E-state index in [4.69, 9.17) is 0 Å². The van der Waals surface area contributed by atoms with Gasteiger partial charge in [-0.15, -0.1) is 11.3 Å². The third-order valence-corrected chi connectivity index (χ3v) is 4.27. The van der Waals surface area contributed by atoms with E-state index in [1.54, 1.807) is 17.5 Å². The monoisotopic (exact) mass is 281 g/mol. The Morgan fingerprint density at radius 2 is 2.37 bits per heavy atom. The zero-order chi connectivity index (χ0) is 13.8. The molecule has 1 aliphatic heterocycles. The molecule has 0 radical (unpaired) electrons. The summed E-state index contributed by atoms with van der Waals surface area (Å²) < 4.78 is 0. The van der Waals surface area contributed by atoms with Gasteiger partial charge in [0.1, 0.15) is 0 Å². The molecule has 1 fully saturated rings. The first-order valence-corrected chi connectivity index (χ1v) is 7.49. The third kappa shape index (κ3) is 3.19. The summed E-state index contributed by atoms with van der Waals surface area (Å²) in [7, 11) is 0. The summed E-state index contributed by atoms with van der Waals surface area (Å²) in [6.07, 6.45) is 3.64. The fourth-order valence-electron chi connectivity index (χ4n) is 2.19. The average Bonchev–Trinajstić information content (AvgIpc) is 2.98. The number of hydrogen-bond donors (Lipinski definition) is 1. The molecule has 1 N–H and O–H groups in total. The number of imide groups is 1. The van der Waals surface area contributed by atoms with Crippen LogP contribution in [-0.4, -0.2) is 40.3 Å². The minimum Gasteiger partial charge on any atom is -0.305 e. The van der Waals surface area contributed by atoms with E-state index in [0.717, 1.165) is 17.8 Å². The number of likely N-dealkylation sites (tertiary alicyclic amines) is 1. The largest absolute Gasteiger partial charge is 0.305 e. The Labute approximate surface area is 117 Å². The van der Waals surface area contributed by atoms with Crippen molar-refractivity contribution in [2.24, 2.45) is 0 Å². The Kier molecular flexibility index (Phi) is 4.66. The van der Waals surface area contributed by atoms with Crippen LogP contribution in [0.2, 0.25) is 0 Å². The minimum atomic E-state index is -0.360. The second kappa shape index (κ2) is 6.25. The molecule has 2 heterocycles. The van der Waals surface area contributed by atoms with Crippen molar-refractivity contribution in [3.05, 3.63) is 16.6 Å². The number of nitrogens with zero attached hydrogens (tertiary/aromatic N) is 2. The van der Waals surface area contributed by atoms with Crippen LogP contribution in [0.3, 0.4) is 0 Å². The van der Waals surface area contributed by atoms with Crippen molar-refractivity contribution >= 4 is 23.2 Å². The van der Waals surface area contributed by atoms with Crippen molar-refractivity contribution in [3.63, 3.8) is 0 Å². The standard InChI is InChI=1S/C13H19N3O2S/c1-3-9(2)16-12(17)8-10(13(16)18)14-5-4-11-15-6-7-19-11/h6-7,9-10,14H,3-5,8H2,1-2H3. The van der Waals surface area contributed by atoms with E-state index in [0.29, 0.717) is 6.54 Å². The first-order valence-electron chi connectivity index (χ1n) is 6.61. The molecule has 1 saturated heterocycles. The van der Waals surface area contributed by atoms with Gasteiger partial charge >= 0.3 is 0 Å². The topological polar surface area (TPSA) is 62.3 Å². The van der Waals surface area contributed by atoms with E-state index in [1.165, 1.54) is 4.90 Å². The smallest absolute Gasteiger partial charge is 0.247 e. The number of nitrogens with one attached hydrogen (secondary N) is 1. The van der Waals surface area contributed by atoms with Crippen molar-refractivity contribution in [2.45, 2.75) is 45.2 Å². The molecule has 1 aromatic heterocycles. The quantitative estimate of drug-likeness (QED) is 0.796. The second-order valence-electron chi connectivity index (χ2n) is 4.75. The first kappa shape index (κ1) is 14.1. The van der Waals surface area contributed by atoms with Crippen LogP contribution in [0.25, 0.3) is 0 Å². The van der Waals surface area contributed by atoms with Crippen LogP contribution in [0.4, 0.5) is 0 Å². The summed E-state index contributed by atoms with van der Waals surface area (Å²) in [5, 5.41) is 6.14. The van der Waals surface area contributed by atoms with Crippen molar-refractivity contribution in [1.29, 1.82) is 0 Å². The molecule has 2 amide bonds. The highest BCUT2D eigenvalue weighted by molar-refractivity contribution is 7.09. The summed E-state index contributed by atoms with van der Waals surface area (Å²) in [6, 6.07) is -0.368. The number of hydrogen-bond acceptors (Lipinski definition) is 5. The molecule has 2 rings (SSSR count). The summed E-state index contributed by atoms with van der Waals surface area (Å²) in [5.41, 5.74) is 0. The molecule has 2 atom stereocenters. The van der Waals surface area contributed by atoms with Gasteiger partial charge in [0, 0.05) is 30.6 Å². The van der Waals surface area contributed by atoms with Crippen LogP contribution >= 0.6 is 11.3 Å². The van der Waals surface area contributed by atoms with Crippen LogP contribution in [-0.2, 0) is 16.0 Å². The molecular formula is C13H19N3O2S. The molecular weight excluding hydrogens is 262 g/mol. The Balaban J connectivity index is 1.85. The maximum atomic E-state index is 12.1. The van der Waals surface area contributed by atoms with E-state index in [1.807, 2.05) is 19.2 Å². The van der Waals surface area contributed by atoms with Gasteiger partial charge in [-0.1, -0.05) is 6.92 Å². The number of amides is 2. The molecule has 104 valence electrons. The zero-order valence-electron chi connectivity index (χ0n) is 11.3. The van der Waals surface area contributed by atoms with Crippen molar-refractivity contribution in [3.8, 4) is 0 Å². The van der Waals surface area contributed by atoms with Gasteiger partial charge in [-0.3, -0.25) is 14.5 Å². The molecule has 6 heteroatoms. The number of thiazole rings is 1. The van der Waals surface area contributed by atoms with E-state index >= 15 is 0 Å². The Bertz CT molecular complexity index is 447. The van der Waals surface area contributed by atoms with Gasteiger partial charge in [0.25, 0.3) is 0 Å². The molecule has 0 saturated carbocycles. The SMILES string of the molecule is CCC(C)N1C(=O)CC(NCCc2nccs2)C1=O. The predicted molar refractivity (Wildman–Crippen MR) is 73.8 cm³/mol. The summed E-state index contributed by atoms with van der Waals surface area (Å²) in [5.74, 6) is -0.149. The van der Waals surface area contributed by atoms with Crippen LogP contribution in [0.1, 0.15) is 31.7 Å². The fourth-order valence-corrected chi connectivity index (χ4v) is 2.81. The van der Waals surface area contributed by atoms with Gasteiger partial charge < -0.3 is 5.32 Å². The third-order valence-electron chi connectivity index (χ3n) is 3.43. The van der Waals surface area contributed by atoms with E-state index in [9.17, 15) is 9.59 Å². The number of carbonyl (C=O) groups excluding carboxylic acids is 2. The molecule has 1 aromatic rings. The highest BCUT2D eigenvalue weighted by Gasteiger charge is 2.40. The fraction of sp³-hybridized carbons (Fsp3) is 0.615. The Morgan fingerprint density at radius 1 is 1.58 bits per heavy atom. The summed E-state index contributed by atoms with van der Waals surface area (Å²) in [4.78, 5) is 29.6. The van der Waals surface area contributed by atoms with Gasteiger partial charge in [0.15, 0.2) is 0 Å². The lowest BCUT2D eigenvalue weighted by atomic mass is 10.2. The number of carbonyl (C=O) groups is 2. The highest BCUT2D eigenvalue weighted by Crippen LogP contribution is 2.18. The maximum absolute atomic E-state index is 12.1. The van der Waals surface area contributed by atoms with Gasteiger partial charge in [-0.25, -0.2) is 4.98 Å². The number of aromatic nitrogens is 1. The maximum Gasteiger partial charge on any atom is 0.247 e. The van der Waals surface area contributed by atoms with Crippen molar-refractivity contribution < 1.29 is 9.59 Å². The summed E-state index contributed by atoms with van der Waals surface area (Å²) >= 11 is 1.60. The lowest BCUT2D eigenvalue weighted by Crippen LogP contribution is -2.43. The van der Waals surface area contributed by atoms with Crippen LogP contribution < -0.4 is 5.32 Å². The van der Waals surface area contributed by atoms with Crippen LogP contribution in [0, 0.1) is 0 Å². The second-order valence-corrected chi connectivity index (χ2v) is 5.73. The van der Waals surface area contributed by atoms with E-state index in [-0.39, 0.29) is 30.3 Å².